The topological polar surface area (TPSA) is 140 Å². The third-order valence-electron chi connectivity index (χ3n) is 7.09. The molecular weight excluding hydrogens is 498 g/mol. The minimum atomic E-state index is -0.969. The van der Waals surface area contributed by atoms with E-state index in [1.54, 1.807) is 13.8 Å². The van der Waals surface area contributed by atoms with Gasteiger partial charge < -0.3 is 5.32 Å². The van der Waals surface area contributed by atoms with Crippen LogP contribution in [0.1, 0.15) is 42.7 Å². The van der Waals surface area contributed by atoms with E-state index in [-0.39, 0.29) is 24.8 Å². The van der Waals surface area contributed by atoms with Gasteiger partial charge in [0.15, 0.2) is 0 Å². The van der Waals surface area contributed by atoms with Crippen LogP contribution in [0.5, 0.6) is 0 Å². The molecule has 3 heterocycles. The molecule has 0 fully saturated rings. The number of hydrazine groups is 1. The van der Waals surface area contributed by atoms with Gasteiger partial charge in [-0.3, -0.25) is 29.5 Å². The van der Waals surface area contributed by atoms with Crippen LogP contribution in [0.15, 0.2) is 54.7 Å². The summed E-state index contributed by atoms with van der Waals surface area (Å²) in [5, 5.41) is 14.3. The van der Waals surface area contributed by atoms with E-state index in [0.29, 0.717) is 25.0 Å². The van der Waals surface area contributed by atoms with Crippen molar-refractivity contribution in [1.29, 1.82) is 0 Å². The van der Waals surface area contributed by atoms with Gasteiger partial charge in [-0.2, -0.15) is 15.4 Å². The normalized spacial score (nSPS) is 17.9. The fourth-order valence-corrected chi connectivity index (χ4v) is 5.19. The molecule has 202 valence electrons. The largest absolute Gasteiger partial charge is 0.348 e. The molecule has 4 amide bonds. The smallest absolute Gasteiger partial charge is 0.252 e. The Labute approximate surface area is 225 Å². The van der Waals surface area contributed by atoms with Crippen molar-refractivity contribution in [2.45, 2.75) is 58.2 Å². The Morgan fingerprint density at radius 2 is 1.87 bits per heavy atom. The van der Waals surface area contributed by atoms with E-state index in [4.69, 9.17) is 0 Å². The molecule has 2 aliphatic rings. The lowest BCUT2D eigenvalue weighted by molar-refractivity contribution is -0.151. The van der Waals surface area contributed by atoms with Gasteiger partial charge in [0.05, 0.1) is 24.8 Å². The first-order valence-electron chi connectivity index (χ1n) is 13.1. The standard InChI is InChI=1S/C28H31N7O4/c1-17(2)27(38)35(32-24(36)13-18-7-4-3-5-8-18)22-12-11-19-9-6-10-20-14-23(34(25(19)20)28(22)39)26(37)29-15-21-16-30-33-31-21/h3-10,16-17,22-23H,11-15H2,1-2H3,(H,29,37)(H,32,36)(H,30,31,33)/t22-,23-/m0/s1. The Hall–Kier alpha value is -4.54. The fourth-order valence-electron chi connectivity index (χ4n) is 5.19. The second-order valence-corrected chi connectivity index (χ2v) is 10.1. The second kappa shape index (κ2) is 11.1. The highest BCUT2D eigenvalue weighted by Gasteiger charge is 2.46. The molecule has 1 aromatic heterocycles. The molecule has 2 atom stereocenters. The molecule has 3 aromatic rings. The molecule has 0 saturated heterocycles. The first kappa shape index (κ1) is 26.1. The molecule has 11 nitrogen and oxygen atoms in total. The van der Waals surface area contributed by atoms with Gasteiger partial charge in [0.1, 0.15) is 17.8 Å². The highest BCUT2D eigenvalue weighted by molar-refractivity contribution is 6.08. The van der Waals surface area contributed by atoms with Crippen LogP contribution < -0.4 is 15.6 Å². The zero-order valence-corrected chi connectivity index (χ0v) is 21.9. The van der Waals surface area contributed by atoms with Crippen molar-refractivity contribution in [1.82, 2.24) is 31.2 Å². The Morgan fingerprint density at radius 1 is 1.10 bits per heavy atom. The van der Waals surface area contributed by atoms with Gasteiger partial charge in [0, 0.05) is 12.3 Å². The number of hydrogen-bond acceptors (Lipinski definition) is 6. The van der Waals surface area contributed by atoms with Gasteiger partial charge in [-0.15, -0.1) is 0 Å². The molecule has 2 aromatic carbocycles. The minimum Gasteiger partial charge on any atom is -0.348 e. The van der Waals surface area contributed by atoms with Crippen molar-refractivity contribution < 1.29 is 19.2 Å². The van der Waals surface area contributed by atoms with E-state index in [1.165, 1.54) is 16.1 Å². The summed E-state index contributed by atoms with van der Waals surface area (Å²) in [4.78, 5) is 55.5. The number of carbonyl (C=O) groups is 4. The number of hydrogen-bond donors (Lipinski definition) is 3. The lowest BCUT2D eigenvalue weighted by Gasteiger charge is -2.34. The van der Waals surface area contributed by atoms with Crippen LogP contribution in [0.3, 0.4) is 0 Å². The molecule has 0 spiro atoms. The molecule has 0 unspecified atom stereocenters. The third-order valence-corrected chi connectivity index (χ3v) is 7.09. The van der Waals surface area contributed by atoms with Crippen LogP contribution in [0.25, 0.3) is 0 Å². The number of aromatic nitrogens is 3. The minimum absolute atomic E-state index is 0.0603. The molecule has 0 saturated carbocycles. The van der Waals surface area contributed by atoms with Crippen molar-refractivity contribution in [3.63, 3.8) is 0 Å². The van der Waals surface area contributed by atoms with Crippen LogP contribution in [0.2, 0.25) is 0 Å². The summed E-state index contributed by atoms with van der Waals surface area (Å²) in [5.74, 6) is -1.95. The molecule has 0 aliphatic carbocycles. The van der Waals surface area contributed by atoms with Crippen LogP contribution in [0.4, 0.5) is 5.69 Å². The first-order chi connectivity index (χ1) is 18.8. The van der Waals surface area contributed by atoms with Crippen molar-refractivity contribution in [2.75, 3.05) is 4.90 Å². The number of H-pyrrole nitrogens is 1. The van der Waals surface area contributed by atoms with E-state index in [1.807, 2.05) is 48.5 Å². The summed E-state index contributed by atoms with van der Waals surface area (Å²) in [5.41, 5.74) is 6.64. The van der Waals surface area contributed by atoms with Crippen LogP contribution in [0, 0.1) is 5.92 Å². The van der Waals surface area contributed by atoms with Crippen molar-refractivity contribution in [3.8, 4) is 0 Å². The second-order valence-electron chi connectivity index (χ2n) is 10.1. The summed E-state index contributed by atoms with van der Waals surface area (Å²) in [6, 6.07) is 13.2. The predicted molar refractivity (Wildman–Crippen MR) is 142 cm³/mol. The van der Waals surface area contributed by atoms with Crippen molar-refractivity contribution in [3.05, 3.63) is 77.1 Å². The number of carbonyl (C=O) groups excluding carboxylic acids is 4. The van der Waals surface area contributed by atoms with Gasteiger partial charge in [-0.05, 0) is 29.5 Å². The Morgan fingerprint density at radius 3 is 2.59 bits per heavy atom. The molecule has 39 heavy (non-hydrogen) atoms. The number of aryl methyl sites for hydroxylation is 1. The molecule has 0 radical (unpaired) electrons. The average Bonchev–Trinajstić information content (AvgIpc) is 3.56. The molecule has 2 aliphatic heterocycles. The molecule has 5 rings (SSSR count). The van der Waals surface area contributed by atoms with Gasteiger partial charge in [-0.1, -0.05) is 62.4 Å². The van der Waals surface area contributed by atoms with Crippen LogP contribution in [-0.4, -0.2) is 56.1 Å². The van der Waals surface area contributed by atoms with E-state index >= 15 is 0 Å². The van der Waals surface area contributed by atoms with Crippen LogP contribution in [-0.2, 0) is 45.0 Å². The molecular formula is C28H31N7O4. The highest BCUT2D eigenvalue weighted by Crippen LogP contribution is 2.39. The zero-order chi connectivity index (χ0) is 27.5. The maximum absolute atomic E-state index is 14.2. The van der Waals surface area contributed by atoms with Gasteiger partial charge >= 0.3 is 0 Å². The maximum Gasteiger partial charge on any atom is 0.252 e. The number of aromatic amines is 1. The summed E-state index contributed by atoms with van der Waals surface area (Å²) in [6.45, 7) is 3.61. The van der Waals surface area contributed by atoms with Gasteiger partial charge in [0.25, 0.3) is 5.91 Å². The zero-order valence-electron chi connectivity index (χ0n) is 21.9. The number of para-hydroxylation sites is 1. The van der Waals surface area contributed by atoms with E-state index in [2.05, 4.69) is 26.2 Å². The number of anilines is 1. The highest BCUT2D eigenvalue weighted by atomic mass is 16.2. The number of amides is 4. The number of nitrogens with one attached hydrogen (secondary N) is 3. The Balaban J connectivity index is 1.43. The Kier molecular flexibility index (Phi) is 7.40. The van der Waals surface area contributed by atoms with Gasteiger partial charge in [0.2, 0.25) is 17.7 Å². The average molecular weight is 530 g/mol. The number of benzene rings is 2. The quantitative estimate of drug-likeness (QED) is 0.396. The van der Waals surface area contributed by atoms with E-state index in [9.17, 15) is 19.2 Å². The van der Waals surface area contributed by atoms with Gasteiger partial charge in [-0.25, -0.2) is 5.01 Å². The first-order valence-corrected chi connectivity index (χ1v) is 13.1. The molecule has 3 N–H and O–H groups in total. The lowest BCUT2D eigenvalue weighted by atomic mass is 10.0. The summed E-state index contributed by atoms with van der Waals surface area (Å²) in [6.07, 6.45) is 2.75. The van der Waals surface area contributed by atoms with Crippen molar-refractivity contribution >= 4 is 29.3 Å². The van der Waals surface area contributed by atoms with E-state index < -0.39 is 29.8 Å². The predicted octanol–water partition coefficient (Wildman–Crippen LogP) is 1.45. The maximum atomic E-state index is 14.2. The van der Waals surface area contributed by atoms with Crippen molar-refractivity contribution in [2.24, 2.45) is 5.92 Å². The number of nitrogens with zero attached hydrogens (tertiary/aromatic N) is 4. The van der Waals surface area contributed by atoms with Crippen LogP contribution >= 0.6 is 0 Å². The third kappa shape index (κ3) is 5.38. The summed E-state index contributed by atoms with van der Waals surface area (Å²) < 4.78 is 0. The fraction of sp³-hybridized carbons (Fsp3) is 0.357. The summed E-state index contributed by atoms with van der Waals surface area (Å²) in [7, 11) is 0. The number of rotatable bonds is 7. The monoisotopic (exact) mass is 529 g/mol. The van der Waals surface area contributed by atoms with E-state index in [0.717, 1.165) is 22.4 Å². The lowest BCUT2D eigenvalue weighted by Crippen LogP contribution is -2.60. The SMILES string of the molecule is CC(C)C(=O)N(NC(=O)Cc1ccccc1)[C@H]1CCc2cccc3c2N(C1=O)[C@H](C(=O)NCc1cn[nH]n1)C3. The Bertz CT molecular complexity index is 1370. The molecule has 0 bridgehead atoms. The summed E-state index contributed by atoms with van der Waals surface area (Å²) >= 11 is 0. The molecule has 11 heteroatoms.